The fourth-order valence-electron chi connectivity index (χ4n) is 5.21. The number of nitrogens with one attached hydrogen (secondary N) is 1. The summed E-state index contributed by atoms with van der Waals surface area (Å²) in [6.07, 6.45) is 2.78. The molecule has 176 valence electrons. The molecule has 3 fully saturated rings. The van der Waals surface area contributed by atoms with Crippen LogP contribution >= 0.6 is 0 Å². The fourth-order valence-corrected chi connectivity index (χ4v) is 6.34. The lowest BCUT2D eigenvalue weighted by atomic mass is 9.74. The molecule has 2 bridgehead atoms. The molecule has 3 aliphatic rings. The summed E-state index contributed by atoms with van der Waals surface area (Å²) in [5.74, 6) is 2.52. The lowest BCUT2D eigenvalue weighted by molar-refractivity contribution is 0.0306. The molecule has 32 heavy (non-hydrogen) atoms. The molecule has 0 amide bonds. The summed E-state index contributed by atoms with van der Waals surface area (Å²) in [6, 6.07) is 8.32. The van der Waals surface area contributed by atoms with E-state index in [0.717, 1.165) is 37.2 Å². The highest BCUT2D eigenvalue weighted by molar-refractivity contribution is 7.89. The van der Waals surface area contributed by atoms with E-state index in [9.17, 15) is 8.42 Å². The average molecular weight is 463 g/mol. The number of methoxy groups -OCH3 is 2. The van der Waals surface area contributed by atoms with Crippen molar-refractivity contribution < 1.29 is 17.9 Å². The molecule has 0 spiro atoms. The van der Waals surface area contributed by atoms with Crippen LogP contribution in [0.1, 0.15) is 37.8 Å². The van der Waals surface area contributed by atoms with Crippen molar-refractivity contribution in [2.24, 2.45) is 13.0 Å². The molecule has 4 heterocycles. The lowest BCUT2D eigenvalue weighted by Gasteiger charge is -2.49. The second-order valence-electron chi connectivity index (χ2n) is 8.85. The summed E-state index contributed by atoms with van der Waals surface area (Å²) in [7, 11) is 2.11. The quantitative estimate of drug-likeness (QED) is 0.617. The van der Waals surface area contributed by atoms with E-state index < -0.39 is 10.0 Å². The van der Waals surface area contributed by atoms with Gasteiger partial charge in [0, 0.05) is 43.4 Å². The summed E-state index contributed by atoms with van der Waals surface area (Å²) in [4.78, 5) is 2.45. The van der Waals surface area contributed by atoms with E-state index in [1.807, 2.05) is 36.9 Å². The van der Waals surface area contributed by atoms with Crippen molar-refractivity contribution in [1.29, 1.82) is 0 Å². The van der Waals surface area contributed by atoms with Gasteiger partial charge < -0.3 is 9.47 Å². The van der Waals surface area contributed by atoms with E-state index >= 15 is 0 Å². The minimum Gasteiger partial charge on any atom is -0.493 e. The number of nitrogens with zero attached hydrogens (tertiary/aromatic N) is 3. The minimum absolute atomic E-state index is 0.194. The molecule has 0 aliphatic carbocycles. The zero-order chi connectivity index (χ0) is 22.9. The number of piperidine rings is 3. The van der Waals surface area contributed by atoms with Gasteiger partial charge in [-0.05, 0) is 56.0 Å². The maximum atomic E-state index is 12.1. The predicted molar refractivity (Wildman–Crippen MR) is 125 cm³/mol. The fraction of sp³-hybridized carbons (Fsp3) is 0.609. The van der Waals surface area contributed by atoms with Crippen molar-refractivity contribution in [3.8, 4) is 22.8 Å². The van der Waals surface area contributed by atoms with Crippen LogP contribution in [0.2, 0.25) is 0 Å². The Morgan fingerprint density at radius 2 is 1.97 bits per heavy atom. The Balaban J connectivity index is 1.49. The van der Waals surface area contributed by atoms with Gasteiger partial charge in [0.25, 0.3) is 0 Å². The van der Waals surface area contributed by atoms with E-state index in [2.05, 4.69) is 15.7 Å². The number of sulfonamides is 1. The van der Waals surface area contributed by atoms with Gasteiger partial charge in [-0.15, -0.1) is 0 Å². The van der Waals surface area contributed by atoms with Crippen LogP contribution in [0.5, 0.6) is 11.5 Å². The SMILES string of the molecule is CCCS(=O)(=O)NC[C@H]1C[C@@H]2CCN1C[C@@H]2c1cc(-c2ccc(OC)c(OC)c2)nn1C. The monoisotopic (exact) mass is 462 g/mol. The molecule has 1 aromatic heterocycles. The number of benzene rings is 1. The molecule has 1 unspecified atom stereocenters. The normalized spacial score (nSPS) is 25.1. The van der Waals surface area contributed by atoms with Crippen LogP contribution in [0.15, 0.2) is 24.3 Å². The van der Waals surface area contributed by atoms with Crippen molar-refractivity contribution in [2.75, 3.05) is 39.6 Å². The number of ether oxygens (including phenoxy) is 2. The molecule has 5 rings (SSSR count). The number of aromatic nitrogens is 2. The van der Waals surface area contributed by atoms with E-state index in [-0.39, 0.29) is 11.8 Å². The Hall–Kier alpha value is -2.10. The Morgan fingerprint density at radius 1 is 1.19 bits per heavy atom. The Morgan fingerprint density at radius 3 is 2.62 bits per heavy atom. The Kier molecular flexibility index (Phi) is 6.78. The number of fused-ring (bicyclic) bond motifs is 3. The molecule has 0 saturated carbocycles. The molecular weight excluding hydrogens is 428 g/mol. The van der Waals surface area contributed by atoms with Crippen LogP contribution in [0, 0.1) is 5.92 Å². The zero-order valence-corrected chi connectivity index (χ0v) is 20.2. The van der Waals surface area contributed by atoms with Crippen LogP contribution in [0.4, 0.5) is 0 Å². The molecule has 1 aromatic carbocycles. The smallest absolute Gasteiger partial charge is 0.211 e. The van der Waals surface area contributed by atoms with Gasteiger partial charge in [-0.3, -0.25) is 9.58 Å². The second-order valence-corrected chi connectivity index (χ2v) is 10.8. The van der Waals surface area contributed by atoms with Crippen LogP contribution in [-0.4, -0.2) is 68.7 Å². The van der Waals surface area contributed by atoms with Gasteiger partial charge in [-0.1, -0.05) is 6.92 Å². The van der Waals surface area contributed by atoms with Crippen LogP contribution in [0.3, 0.4) is 0 Å². The topological polar surface area (TPSA) is 85.7 Å². The largest absolute Gasteiger partial charge is 0.493 e. The zero-order valence-electron chi connectivity index (χ0n) is 19.4. The maximum Gasteiger partial charge on any atom is 0.211 e. The highest BCUT2D eigenvalue weighted by Gasteiger charge is 2.42. The third kappa shape index (κ3) is 4.65. The Labute approximate surface area is 190 Å². The van der Waals surface area contributed by atoms with Gasteiger partial charge in [-0.25, -0.2) is 13.1 Å². The van der Waals surface area contributed by atoms with E-state index in [4.69, 9.17) is 14.6 Å². The number of rotatable bonds is 9. The van der Waals surface area contributed by atoms with E-state index in [1.54, 1.807) is 14.2 Å². The van der Waals surface area contributed by atoms with Gasteiger partial charge in [0.05, 0.1) is 25.7 Å². The summed E-state index contributed by atoms with van der Waals surface area (Å²) in [6.45, 7) is 4.37. The van der Waals surface area contributed by atoms with Crippen LogP contribution < -0.4 is 14.2 Å². The maximum absolute atomic E-state index is 12.1. The first-order valence-corrected chi connectivity index (χ1v) is 13.0. The molecule has 3 saturated heterocycles. The summed E-state index contributed by atoms with van der Waals surface area (Å²) in [5.41, 5.74) is 3.15. The van der Waals surface area contributed by atoms with E-state index in [0.29, 0.717) is 36.3 Å². The molecular formula is C23H34N4O4S. The molecule has 4 atom stereocenters. The number of hydrogen-bond acceptors (Lipinski definition) is 6. The van der Waals surface area contributed by atoms with E-state index in [1.165, 1.54) is 5.69 Å². The number of hydrogen-bond donors (Lipinski definition) is 1. The summed E-state index contributed by atoms with van der Waals surface area (Å²) < 4.78 is 39.8. The van der Waals surface area contributed by atoms with Gasteiger partial charge >= 0.3 is 0 Å². The van der Waals surface area contributed by atoms with Gasteiger partial charge in [0.1, 0.15) is 0 Å². The van der Waals surface area contributed by atoms with Crippen molar-refractivity contribution in [1.82, 2.24) is 19.4 Å². The van der Waals surface area contributed by atoms with Crippen molar-refractivity contribution in [3.05, 3.63) is 30.0 Å². The van der Waals surface area contributed by atoms with Crippen LogP contribution in [-0.2, 0) is 17.1 Å². The van der Waals surface area contributed by atoms with Gasteiger partial charge in [-0.2, -0.15) is 5.10 Å². The summed E-state index contributed by atoms with van der Waals surface area (Å²) >= 11 is 0. The average Bonchev–Trinajstić information content (AvgIpc) is 3.19. The van der Waals surface area contributed by atoms with Crippen molar-refractivity contribution in [2.45, 2.75) is 38.1 Å². The molecule has 9 heteroatoms. The minimum atomic E-state index is -3.17. The third-order valence-electron chi connectivity index (χ3n) is 6.87. The first-order valence-electron chi connectivity index (χ1n) is 11.3. The van der Waals surface area contributed by atoms with Gasteiger partial charge in [0.15, 0.2) is 11.5 Å². The predicted octanol–water partition coefficient (Wildman–Crippen LogP) is 2.61. The first-order chi connectivity index (χ1) is 15.3. The van der Waals surface area contributed by atoms with Crippen LogP contribution in [0.25, 0.3) is 11.3 Å². The highest BCUT2D eigenvalue weighted by atomic mass is 32.2. The van der Waals surface area contributed by atoms with Crippen molar-refractivity contribution >= 4 is 10.0 Å². The molecule has 3 aliphatic heterocycles. The summed E-state index contributed by atoms with van der Waals surface area (Å²) in [5, 5.41) is 4.79. The standard InChI is InChI=1S/C23H34N4O4S/c1-5-10-32(28,29)24-14-18-11-16-8-9-27(18)15-19(16)21-13-20(25-26(21)2)17-6-7-22(30-3)23(12-17)31-4/h6-7,12-13,16,18-19,24H,5,8-11,14-15H2,1-4H3/t16-,18+,19-/m0/s1. The Bertz CT molecular complexity index is 1050. The number of aryl methyl sites for hydroxylation is 1. The molecule has 8 nitrogen and oxygen atoms in total. The first kappa shape index (κ1) is 23.1. The molecule has 0 radical (unpaired) electrons. The third-order valence-corrected chi connectivity index (χ3v) is 8.42. The van der Waals surface area contributed by atoms with Crippen molar-refractivity contribution in [3.63, 3.8) is 0 Å². The lowest BCUT2D eigenvalue weighted by Crippen LogP contribution is -2.56. The van der Waals surface area contributed by atoms with Gasteiger partial charge in [0.2, 0.25) is 10.0 Å². The second kappa shape index (κ2) is 9.41. The molecule has 1 N–H and O–H groups in total. The molecule has 2 aromatic rings. The highest BCUT2D eigenvalue weighted by Crippen LogP contribution is 2.42.